The number of aryl methyl sites for hydroxylation is 1. The largest absolute Gasteiger partial charge is 0.384 e. The molecule has 0 unspecified atom stereocenters. The summed E-state index contributed by atoms with van der Waals surface area (Å²) in [4.78, 5) is 18.1. The van der Waals surface area contributed by atoms with Crippen molar-refractivity contribution in [2.24, 2.45) is 0 Å². The van der Waals surface area contributed by atoms with Crippen LogP contribution >= 0.6 is 0 Å². The highest BCUT2D eigenvalue weighted by Gasteiger charge is 2.44. The quantitative estimate of drug-likeness (QED) is 0.477. The minimum atomic E-state index is -1.30. The number of aliphatic hydroxyl groups is 1. The van der Waals surface area contributed by atoms with Crippen molar-refractivity contribution in [3.63, 3.8) is 0 Å². The Morgan fingerprint density at radius 2 is 2.00 bits per heavy atom. The van der Waals surface area contributed by atoms with Crippen molar-refractivity contribution in [3.8, 4) is 0 Å². The zero-order valence-corrected chi connectivity index (χ0v) is 16.4. The number of carbonyl (C=O) groups is 1. The molecular weight excluding hydrogens is 413 g/mol. The Balaban J connectivity index is 1.51. The van der Waals surface area contributed by atoms with Crippen molar-refractivity contribution in [1.82, 2.24) is 20.1 Å². The SMILES string of the molecule is Cc1ccc(Nc2c(C(=O)N3CC(O)(CNc4ncn[nH]4)C3)ccc(F)c2F)c(F)c1. The molecule has 4 N–H and O–H groups in total. The monoisotopic (exact) mass is 432 g/mol. The number of nitrogens with one attached hydrogen (secondary N) is 3. The highest BCUT2D eigenvalue weighted by molar-refractivity contribution is 6.01. The molecule has 11 heteroatoms. The van der Waals surface area contributed by atoms with Crippen molar-refractivity contribution in [2.75, 3.05) is 30.3 Å². The van der Waals surface area contributed by atoms with Gasteiger partial charge < -0.3 is 20.6 Å². The number of H-pyrrole nitrogens is 1. The fourth-order valence-electron chi connectivity index (χ4n) is 3.34. The van der Waals surface area contributed by atoms with Crippen molar-refractivity contribution in [2.45, 2.75) is 12.5 Å². The molecule has 0 spiro atoms. The van der Waals surface area contributed by atoms with E-state index in [4.69, 9.17) is 0 Å². The molecule has 2 aromatic carbocycles. The lowest BCUT2D eigenvalue weighted by Crippen LogP contribution is -2.66. The summed E-state index contributed by atoms with van der Waals surface area (Å²) >= 11 is 0. The number of anilines is 3. The molecule has 1 aliphatic rings. The number of amides is 1. The molecular formula is C20H19F3N6O2. The molecule has 0 saturated carbocycles. The standard InChI is InChI=1S/C20H19F3N6O2/c1-11-2-5-15(14(22)6-11)27-17-12(3-4-13(21)16(17)23)18(30)29-8-20(31,9-29)7-24-19-25-10-26-28-19/h2-6,10,27,31H,7-9H2,1H3,(H2,24,25,26,28). The number of nitrogens with zero attached hydrogens (tertiary/aromatic N) is 3. The first kappa shape index (κ1) is 20.7. The van der Waals surface area contributed by atoms with Gasteiger partial charge in [0, 0.05) is 6.54 Å². The number of likely N-dealkylation sites (tertiary alicyclic amines) is 1. The van der Waals surface area contributed by atoms with Gasteiger partial charge in [-0.1, -0.05) is 6.07 Å². The van der Waals surface area contributed by atoms with Gasteiger partial charge in [0.15, 0.2) is 11.6 Å². The fraction of sp³-hybridized carbons (Fsp3) is 0.250. The average Bonchev–Trinajstić information content (AvgIpc) is 3.23. The van der Waals surface area contributed by atoms with E-state index in [0.29, 0.717) is 11.5 Å². The van der Waals surface area contributed by atoms with Gasteiger partial charge >= 0.3 is 0 Å². The Bertz CT molecular complexity index is 1120. The van der Waals surface area contributed by atoms with Crippen LogP contribution in [-0.2, 0) is 0 Å². The lowest BCUT2D eigenvalue weighted by atomic mass is 9.93. The highest BCUT2D eigenvalue weighted by atomic mass is 19.2. The molecule has 0 bridgehead atoms. The Morgan fingerprint density at radius 1 is 1.23 bits per heavy atom. The Labute approximate surface area is 175 Å². The second-order valence-electron chi connectivity index (χ2n) is 7.47. The minimum absolute atomic E-state index is 0.0374. The van der Waals surface area contributed by atoms with E-state index in [9.17, 15) is 23.1 Å². The lowest BCUT2D eigenvalue weighted by Gasteiger charge is -2.46. The number of aromatic nitrogens is 3. The first-order valence-electron chi connectivity index (χ1n) is 9.38. The minimum Gasteiger partial charge on any atom is -0.384 e. The van der Waals surface area contributed by atoms with Gasteiger partial charge in [0.2, 0.25) is 5.95 Å². The number of benzene rings is 2. The van der Waals surface area contributed by atoms with E-state index < -0.39 is 34.6 Å². The highest BCUT2D eigenvalue weighted by Crippen LogP contribution is 2.31. The Hall–Kier alpha value is -3.60. The molecule has 1 aliphatic heterocycles. The number of carbonyl (C=O) groups excluding carboxylic acids is 1. The van der Waals surface area contributed by atoms with Gasteiger partial charge in [-0.25, -0.2) is 23.3 Å². The van der Waals surface area contributed by atoms with Gasteiger partial charge in [-0.15, -0.1) is 0 Å². The number of hydrogen-bond acceptors (Lipinski definition) is 6. The maximum absolute atomic E-state index is 14.5. The summed E-state index contributed by atoms with van der Waals surface area (Å²) in [5.74, 6) is -3.40. The maximum Gasteiger partial charge on any atom is 0.256 e. The van der Waals surface area contributed by atoms with E-state index in [1.54, 1.807) is 13.0 Å². The molecule has 2 heterocycles. The first-order valence-corrected chi connectivity index (χ1v) is 9.38. The predicted octanol–water partition coefficient (Wildman–Crippen LogP) is 2.57. The van der Waals surface area contributed by atoms with Crippen LogP contribution in [0.15, 0.2) is 36.7 Å². The Kier molecular flexibility index (Phi) is 5.27. The van der Waals surface area contributed by atoms with Crippen LogP contribution in [0.25, 0.3) is 0 Å². The fourth-order valence-corrected chi connectivity index (χ4v) is 3.34. The van der Waals surface area contributed by atoms with Crippen LogP contribution in [0.2, 0.25) is 0 Å². The predicted molar refractivity (Wildman–Crippen MR) is 107 cm³/mol. The molecule has 1 saturated heterocycles. The van der Waals surface area contributed by atoms with Crippen LogP contribution < -0.4 is 10.6 Å². The molecule has 0 radical (unpaired) electrons. The molecule has 3 aromatic rings. The van der Waals surface area contributed by atoms with Crippen LogP contribution in [0.3, 0.4) is 0 Å². The first-order chi connectivity index (χ1) is 14.8. The average molecular weight is 432 g/mol. The van der Waals surface area contributed by atoms with Gasteiger partial charge in [0.25, 0.3) is 5.91 Å². The molecule has 1 fully saturated rings. The van der Waals surface area contributed by atoms with Crippen LogP contribution in [0.4, 0.5) is 30.5 Å². The van der Waals surface area contributed by atoms with Crippen molar-refractivity contribution in [3.05, 3.63) is 65.2 Å². The van der Waals surface area contributed by atoms with Crippen molar-refractivity contribution in [1.29, 1.82) is 0 Å². The molecule has 4 rings (SSSR count). The van der Waals surface area contributed by atoms with Crippen LogP contribution in [0.1, 0.15) is 15.9 Å². The van der Waals surface area contributed by atoms with Crippen molar-refractivity contribution < 1.29 is 23.1 Å². The third-order valence-electron chi connectivity index (χ3n) is 4.97. The van der Waals surface area contributed by atoms with Gasteiger partial charge in [-0.2, -0.15) is 5.10 Å². The van der Waals surface area contributed by atoms with Gasteiger partial charge in [-0.05, 0) is 36.8 Å². The van der Waals surface area contributed by atoms with E-state index in [1.807, 2.05) is 0 Å². The van der Waals surface area contributed by atoms with E-state index >= 15 is 0 Å². The normalized spacial score (nSPS) is 14.8. The third kappa shape index (κ3) is 4.17. The molecule has 1 amide bonds. The molecule has 162 valence electrons. The van der Waals surface area contributed by atoms with Crippen LogP contribution in [0.5, 0.6) is 0 Å². The molecule has 1 aromatic heterocycles. The van der Waals surface area contributed by atoms with Gasteiger partial charge in [0.1, 0.15) is 17.7 Å². The summed E-state index contributed by atoms with van der Waals surface area (Å²) in [6.45, 7) is 1.71. The van der Waals surface area contributed by atoms with Crippen LogP contribution in [-0.4, -0.2) is 56.3 Å². The van der Waals surface area contributed by atoms with E-state index in [-0.39, 0.29) is 30.9 Å². The topological polar surface area (TPSA) is 106 Å². The van der Waals surface area contributed by atoms with E-state index in [0.717, 1.165) is 12.1 Å². The number of rotatable bonds is 6. The molecule has 31 heavy (non-hydrogen) atoms. The molecule has 0 aliphatic carbocycles. The Morgan fingerprint density at radius 3 is 2.68 bits per heavy atom. The van der Waals surface area contributed by atoms with Crippen molar-refractivity contribution >= 4 is 23.2 Å². The number of halogens is 3. The summed E-state index contributed by atoms with van der Waals surface area (Å²) in [5.41, 5.74) is -1.32. The molecule has 0 atom stereocenters. The summed E-state index contributed by atoms with van der Waals surface area (Å²) in [7, 11) is 0. The maximum atomic E-state index is 14.5. The van der Waals surface area contributed by atoms with E-state index in [2.05, 4.69) is 25.8 Å². The summed E-state index contributed by atoms with van der Waals surface area (Å²) in [6.07, 6.45) is 1.30. The van der Waals surface area contributed by atoms with Gasteiger partial charge in [0.05, 0.1) is 30.0 Å². The number of hydrogen-bond donors (Lipinski definition) is 4. The smallest absolute Gasteiger partial charge is 0.256 e. The van der Waals surface area contributed by atoms with Crippen LogP contribution in [0, 0.1) is 24.4 Å². The van der Waals surface area contributed by atoms with Gasteiger partial charge in [-0.3, -0.25) is 4.79 Å². The summed E-state index contributed by atoms with van der Waals surface area (Å²) < 4.78 is 42.6. The second kappa shape index (κ2) is 7.91. The molecule has 8 nitrogen and oxygen atoms in total. The number of aromatic amines is 1. The zero-order chi connectivity index (χ0) is 22.2. The zero-order valence-electron chi connectivity index (χ0n) is 16.4. The lowest BCUT2D eigenvalue weighted by molar-refractivity contribution is -0.0707. The summed E-state index contributed by atoms with van der Waals surface area (Å²) in [5, 5.41) is 22.1. The number of β-amino-alcohol motifs (C(OH)–C–C–N with tert-alkyl or cyclic N) is 1. The summed E-state index contributed by atoms with van der Waals surface area (Å²) in [6, 6.07) is 6.16. The van der Waals surface area contributed by atoms with E-state index in [1.165, 1.54) is 23.4 Å². The third-order valence-corrected chi connectivity index (χ3v) is 4.97. The second-order valence-corrected chi connectivity index (χ2v) is 7.47.